The summed E-state index contributed by atoms with van der Waals surface area (Å²) >= 11 is 0. The van der Waals surface area contributed by atoms with Crippen molar-refractivity contribution in [2.24, 2.45) is 5.92 Å². The van der Waals surface area contributed by atoms with Gasteiger partial charge in [-0.15, -0.1) is 5.73 Å². The highest BCUT2D eigenvalue weighted by Gasteiger charge is 2.36. The van der Waals surface area contributed by atoms with Gasteiger partial charge in [0.05, 0.1) is 5.54 Å². The van der Waals surface area contributed by atoms with Crippen LogP contribution in [0.4, 0.5) is 0 Å². The fraction of sp³-hybridized carbons (Fsp3) is 1.00. The van der Waals surface area contributed by atoms with E-state index in [-0.39, 0.29) is 5.54 Å². The molecule has 1 fully saturated rings. The molecule has 0 spiro atoms. The van der Waals surface area contributed by atoms with Gasteiger partial charge in [0.1, 0.15) is 0 Å². The monoisotopic (exact) mass is 153 g/mol. The van der Waals surface area contributed by atoms with Gasteiger partial charge in [0.25, 0.3) is 0 Å². The highest BCUT2D eigenvalue weighted by atomic mass is 14.8. The van der Waals surface area contributed by atoms with Gasteiger partial charge in [0.15, 0.2) is 0 Å². The lowest BCUT2D eigenvalue weighted by molar-refractivity contribution is 0.169. The Morgan fingerprint density at radius 2 is 2.09 bits per heavy atom. The molecular formula is C10H19N. The van der Waals surface area contributed by atoms with Crippen LogP contribution in [0.25, 0.3) is 0 Å². The van der Waals surface area contributed by atoms with Crippen LogP contribution < -0.4 is 5.73 Å². The summed E-state index contributed by atoms with van der Waals surface area (Å²) in [5, 5.41) is 0. The molecule has 1 heteroatoms. The Labute approximate surface area is 70.4 Å². The van der Waals surface area contributed by atoms with E-state index in [2.05, 4.69) is 13.8 Å². The molecule has 0 amide bonds. The summed E-state index contributed by atoms with van der Waals surface area (Å²) in [5.74, 6) is 0.571. The van der Waals surface area contributed by atoms with Gasteiger partial charge < -0.3 is 0 Å². The molecule has 0 aromatic rings. The number of rotatable bonds is 2. The van der Waals surface area contributed by atoms with E-state index in [4.69, 9.17) is 0 Å². The van der Waals surface area contributed by atoms with Crippen LogP contribution in [0.3, 0.4) is 0 Å². The maximum atomic E-state index is 10.1. The summed E-state index contributed by atoms with van der Waals surface area (Å²) < 4.78 is 0. The topological polar surface area (TPSA) is 22.3 Å². The predicted molar refractivity (Wildman–Crippen MR) is 47.4 cm³/mol. The second-order valence-electron chi connectivity index (χ2n) is 3.81. The van der Waals surface area contributed by atoms with Crippen molar-refractivity contribution >= 4 is 0 Å². The minimum absolute atomic E-state index is 0.312. The lowest BCUT2D eigenvalue weighted by Crippen LogP contribution is -2.41. The maximum absolute atomic E-state index is 10.1. The van der Waals surface area contributed by atoms with Gasteiger partial charge in [-0.25, -0.2) is 0 Å². The summed E-state index contributed by atoms with van der Waals surface area (Å²) in [4.78, 5) is 0. The van der Waals surface area contributed by atoms with Crippen LogP contribution in [0.1, 0.15) is 52.4 Å². The average Bonchev–Trinajstić information content (AvgIpc) is 2.05. The van der Waals surface area contributed by atoms with Gasteiger partial charge in [0, 0.05) is 0 Å². The van der Waals surface area contributed by atoms with Crippen molar-refractivity contribution in [2.45, 2.75) is 57.9 Å². The molecule has 1 rings (SSSR count). The van der Waals surface area contributed by atoms with Crippen LogP contribution >= 0.6 is 0 Å². The van der Waals surface area contributed by atoms with Crippen molar-refractivity contribution in [3.8, 4) is 0 Å². The molecule has 1 saturated carbocycles. The van der Waals surface area contributed by atoms with E-state index >= 15 is 0 Å². The molecule has 64 valence electrons. The molecule has 11 heavy (non-hydrogen) atoms. The normalized spacial score (nSPS) is 39.0. The smallest absolute Gasteiger partial charge is 0.0569 e. The van der Waals surface area contributed by atoms with Crippen LogP contribution in [0.5, 0.6) is 0 Å². The van der Waals surface area contributed by atoms with E-state index in [0.29, 0.717) is 5.92 Å². The molecule has 1 nitrogen and oxygen atoms in total. The van der Waals surface area contributed by atoms with Gasteiger partial charge >= 0.3 is 0 Å². The Hall–Kier alpha value is -0.0400. The fourth-order valence-corrected chi connectivity index (χ4v) is 2.34. The summed E-state index contributed by atoms with van der Waals surface area (Å²) in [6, 6.07) is 0. The molecular weight excluding hydrogens is 134 g/mol. The maximum Gasteiger partial charge on any atom is 0.0569 e. The molecule has 0 aliphatic heterocycles. The van der Waals surface area contributed by atoms with Gasteiger partial charge in [-0.2, -0.15) is 0 Å². The van der Waals surface area contributed by atoms with E-state index < -0.39 is 0 Å². The molecule has 0 aromatic heterocycles. The summed E-state index contributed by atoms with van der Waals surface area (Å²) in [6.07, 6.45) is 6.89. The van der Waals surface area contributed by atoms with Crippen LogP contribution in [-0.2, 0) is 0 Å². The Morgan fingerprint density at radius 1 is 1.36 bits per heavy atom. The van der Waals surface area contributed by atoms with E-state index in [9.17, 15) is 5.73 Å². The largest absolute Gasteiger partial charge is 0.137 e. The first-order chi connectivity index (χ1) is 5.23. The molecule has 1 aliphatic rings. The van der Waals surface area contributed by atoms with Crippen molar-refractivity contribution in [3.05, 3.63) is 0 Å². The van der Waals surface area contributed by atoms with Crippen molar-refractivity contribution in [1.29, 1.82) is 0 Å². The molecule has 2 atom stereocenters. The zero-order valence-electron chi connectivity index (χ0n) is 7.77. The van der Waals surface area contributed by atoms with Crippen molar-refractivity contribution in [2.75, 3.05) is 0 Å². The molecule has 0 bridgehead atoms. The van der Waals surface area contributed by atoms with Crippen molar-refractivity contribution in [3.63, 3.8) is 0 Å². The Bertz CT molecular complexity index is 122. The van der Waals surface area contributed by atoms with Crippen LogP contribution in [0.15, 0.2) is 0 Å². The van der Waals surface area contributed by atoms with Gasteiger partial charge in [-0.1, -0.05) is 33.1 Å². The Morgan fingerprint density at radius 3 is 2.55 bits per heavy atom. The van der Waals surface area contributed by atoms with Gasteiger partial charge in [-0.05, 0) is 25.2 Å². The quantitative estimate of drug-likeness (QED) is 0.582. The van der Waals surface area contributed by atoms with Crippen molar-refractivity contribution < 1.29 is 0 Å². The molecule has 0 saturated heterocycles. The summed E-state index contributed by atoms with van der Waals surface area (Å²) in [5.41, 5.74) is 9.83. The third kappa shape index (κ3) is 1.76. The summed E-state index contributed by atoms with van der Waals surface area (Å²) in [7, 11) is 0. The minimum Gasteiger partial charge on any atom is -0.137 e. The van der Waals surface area contributed by atoms with Gasteiger partial charge in [-0.3, -0.25) is 0 Å². The molecule has 0 aromatic carbocycles. The van der Waals surface area contributed by atoms with Crippen molar-refractivity contribution in [1.82, 2.24) is 5.73 Å². The first kappa shape index (κ1) is 9.05. The van der Waals surface area contributed by atoms with Crippen LogP contribution in [0, 0.1) is 5.92 Å². The second kappa shape index (κ2) is 3.57. The van der Waals surface area contributed by atoms with E-state index in [0.717, 1.165) is 19.3 Å². The second-order valence-corrected chi connectivity index (χ2v) is 3.81. The zero-order chi connectivity index (χ0) is 8.32. The SMILES string of the molecule is CCC1CCCCC1([N])CC. The Balaban J connectivity index is 2.57. The lowest BCUT2D eigenvalue weighted by Gasteiger charge is -2.38. The fourth-order valence-electron chi connectivity index (χ4n) is 2.34. The molecule has 2 radical (unpaired) electrons. The highest BCUT2D eigenvalue weighted by molar-refractivity contribution is 4.91. The van der Waals surface area contributed by atoms with E-state index in [1.165, 1.54) is 19.3 Å². The first-order valence-corrected chi connectivity index (χ1v) is 4.95. The number of hydrogen-bond donors (Lipinski definition) is 0. The average molecular weight is 153 g/mol. The first-order valence-electron chi connectivity index (χ1n) is 4.95. The standard InChI is InChI=1S/C10H19N/c1-3-9-7-5-6-8-10(9,11)4-2/h9H,3-8H2,1-2H3. The van der Waals surface area contributed by atoms with E-state index in [1.54, 1.807) is 0 Å². The highest BCUT2D eigenvalue weighted by Crippen LogP contribution is 2.37. The predicted octanol–water partition coefficient (Wildman–Crippen LogP) is 2.80. The van der Waals surface area contributed by atoms with Crippen LogP contribution in [-0.4, -0.2) is 5.54 Å². The third-order valence-electron chi connectivity index (χ3n) is 3.28. The third-order valence-corrected chi connectivity index (χ3v) is 3.28. The van der Waals surface area contributed by atoms with E-state index in [1.807, 2.05) is 0 Å². The number of nitrogens with zero attached hydrogens (tertiary/aromatic N) is 1. The zero-order valence-corrected chi connectivity index (χ0v) is 7.77. The van der Waals surface area contributed by atoms with Crippen LogP contribution in [0.2, 0.25) is 0 Å². The lowest BCUT2D eigenvalue weighted by atomic mass is 9.71. The Kier molecular flexibility index (Phi) is 2.94. The molecule has 1 aliphatic carbocycles. The van der Waals surface area contributed by atoms with Gasteiger partial charge in [0.2, 0.25) is 0 Å². The summed E-state index contributed by atoms with van der Waals surface area (Å²) in [6.45, 7) is 4.30. The molecule has 0 N–H and O–H groups in total. The minimum atomic E-state index is -0.312. The molecule has 0 heterocycles. The molecule has 2 unspecified atom stereocenters. The number of hydrogen-bond acceptors (Lipinski definition) is 0.